The van der Waals surface area contributed by atoms with Gasteiger partial charge in [-0.2, -0.15) is 0 Å². The standard InChI is InChI=1S/C22H25N5O.ClH/c1-15-8-10-19(11-9-15)27-16(2)21(24-25-27)22(28)26-13-18(12-23)20(14-26)17-6-4-3-5-7-17;/h3-11,18,20H,12-14,23H2,1-2H3;1H/t18-,20+;/m1./s1. The summed E-state index contributed by atoms with van der Waals surface area (Å²) in [6.07, 6.45) is 0. The molecule has 6 nitrogen and oxygen atoms in total. The van der Waals surface area contributed by atoms with Gasteiger partial charge in [-0.1, -0.05) is 53.2 Å². The second-order valence-electron chi connectivity index (χ2n) is 7.49. The number of nitrogens with two attached hydrogens (primary N) is 1. The SMILES string of the molecule is Cc1ccc(-n2nnc(C(=O)N3C[C@@H](CN)[C@H](c4ccccc4)C3)c2C)cc1.Cl. The Morgan fingerprint density at radius 1 is 1.07 bits per heavy atom. The molecule has 0 bridgehead atoms. The maximum atomic E-state index is 13.2. The molecule has 1 aliphatic rings. The largest absolute Gasteiger partial charge is 0.336 e. The van der Waals surface area contributed by atoms with E-state index < -0.39 is 0 Å². The molecule has 1 aliphatic heterocycles. The third-order valence-corrected chi connectivity index (χ3v) is 5.63. The van der Waals surface area contributed by atoms with Crippen LogP contribution in [0.5, 0.6) is 0 Å². The van der Waals surface area contributed by atoms with Crippen LogP contribution < -0.4 is 5.73 Å². The van der Waals surface area contributed by atoms with Crippen molar-refractivity contribution in [1.29, 1.82) is 0 Å². The molecule has 2 atom stereocenters. The third-order valence-electron chi connectivity index (χ3n) is 5.63. The van der Waals surface area contributed by atoms with Gasteiger partial charge >= 0.3 is 0 Å². The van der Waals surface area contributed by atoms with Crippen molar-refractivity contribution in [2.45, 2.75) is 19.8 Å². The molecule has 29 heavy (non-hydrogen) atoms. The van der Waals surface area contributed by atoms with E-state index in [4.69, 9.17) is 5.73 Å². The summed E-state index contributed by atoms with van der Waals surface area (Å²) in [7, 11) is 0. The number of hydrogen-bond donors (Lipinski definition) is 1. The van der Waals surface area contributed by atoms with Gasteiger partial charge in [-0.05, 0) is 44.0 Å². The van der Waals surface area contributed by atoms with Crippen LogP contribution in [0.25, 0.3) is 5.69 Å². The number of halogens is 1. The smallest absolute Gasteiger partial charge is 0.276 e. The normalized spacial score (nSPS) is 18.5. The van der Waals surface area contributed by atoms with Crippen LogP contribution >= 0.6 is 12.4 Å². The van der Waals surface area contributed by atoms with Gasteiger partial charge in [0.05, 0.1) is 11.4 Å². The van der Waals surface area contributed by atoms with Crippen molar-refractivity contribution in [3.05, 3.63) is 77.1 Å². The summed E-state index contributed by atoms with van der Waals surface area (Å²) >= 11 is 0. The number of likely N-dealkylation sites (tertiary alicyclic amines) is 1. The molecule has 0 aliphatic carbocycles. The number of nitrogens with zero attached hydrogens (tertiary/aromatic N) is 4. The average molecular weight is 412 g/mol. The van der Waals surface area contributed by atoms with Crippen LogP contribution in [-0.2, 0) is 0 Å². The van der Waals surface area contributed by atoms with E-state index in [0.29, 0.717) is 25.3 Å². The fraction of sp³-hybridized carbons (Fsp3) is 0.318. The summed E-state index contributed by atoms with van der Waals surface area (Å²) in [4.78, 5) is 15.0. The molecule has 2 heterocycles. The summed E-state index contributed by atoms with van der Waals surface area (Å²) in [6.45, 7) is 5.78. The molecule has 1 saturated heterocycles. The van der Waals surface area contributed by atoms with Crippen molar-refractivity contribution in [2.75, 3.05) is 19.6 Å². The van der Waals surface area contributed by atoms with Crippen molar-refractivity contribution in [1.82, 2.24) is 19.9 Å². The molecule has 3 aromatic rings. The van der Waals surface area contributed by atoms with Gasteiger partial charge in [0.2, 0.25) is 0 Å². The lowest BCUT2D eigenvalue weighted by atomic mass is 9.89. The molecular weight excluding hydrogens is 386 g/mol. The van der Waals surface area contributed by atoms with Crippen molar-refractivity contribution < 1.29 is 4.79 Å². The first-order chi connectivity index (χ1) is 13.6. The van der Waals surface area contributed by atoms with E-state index >= 15 is 0 Å². The predicted octanol–water partition coefficient (Wildman–Crippen LogP) is 3.12. The number of carbonyl (C=O) groups is 1. The Balaban J connectivity index is 0.00000240. The van der Waals surface area contributed by atoms with E-state index in [1.54, 1.807) is 4.68 Å². The Morgan fingerprint density at radius 2 is 1.76 bits per heavy atom. The summed E-state index contributed by atoms with van der Waals surface area (Å²) in [6, 6.07) is 18.3. The molecule has 0 radical (unpaired) electrons. The van der Waals surface area contributed by atoms with Crippen LogP contribution in [0.1, 0.15) is 33.2 Å². The Hall–Kier alpha value is -2.70. The molecule has 0 spiro atoms. The summed E-state index contributed by atoms with van der Waals surface area (Å²) in [5.41, 5.74) is 10.5. The number of rotatable bonds is 4. The number of benzene rings is 2. The number of amides is 1. The molecule has 0 saturated carbocycles. The van der Waals surface area contributed by atoms with Crippen LogP contribution in [0.3, 0.4) is 0 Å². The van der Waals surface area contributed by atoms with Crippen molar-refractivity contribution >= 4 is 18.3 Å². The summed E-state index contributed by atoms with van der Waals surface area (Å²) < 4.78 is 1.72. The van der Waals surface area contributed by atoms with E-state index in [2.05, 4.69) is 22.4 Å². The van der Waals surface area contributed by atoms with Crippen LogP contribution in [-0.4, -0.2) is 45.4 Å². The van der Waals surface area contributed by atoms with Crippen LogP contribution in [0, 0.1) is 19.8 Å². The summed E-state index contributed by atoms with van der Waals surface area (Å²) in [5, 5.41) is 8.42. The molecule has 4 rings (SSSR count). The molecule has 152 valence electrons. The monoisotopic (exact) mass is 411 g/mol. The quantitative estimate of drug-likeness (QED) is 0.715. The highest BCUT2D eigenvalue weighted by molar-refractivity contribution is 5.93. The van der Waals surface area contributed by atoms with Crippen molar-refractivity contribution in [3.8, 4) is 5.69 Å². The van der Waals surface area contributed by atoms with Crippen molar-refractivity contribution in [3.63, 3.8) is 0 Å². The highest BCUT2D eigenvalue weighted by atomic mass is 35.5. The Morgan fingerprint density at radius 3 is 2.41 bits per heavy atom. The fourth-order valence-corrected chi connectivity index (χ4v) is 3.96. The molecule has 1 aromatic heterocycles. The molecule has 2 aromatic carbocycles. The fourth-order valence-electron chi connectivity index (χ4n) is 3.96. The van der Waals surface area contributed by atoms with E-state index in [9.17, 15) is 4.79 Å². The lowest BCUT2D eigenvalue weighted by Crippen LogP contribution is -2.30. The number of hydrogen-bond acceptors (Lipinski definition) is 4. The van der Waals surface area contributed by atoms with Gasteiger partial charge in [0.25, 0.3) is 5.91 Å². The summed E-state index contributed by atoms with van der Waals surface area (Å²) in [5.74, 6) is 0.425. The minimum absolute atomic E-state index is 0. The van der Waals surface area contributed by atoms with Crippen LogP contribution in [0.2, 0.25) is 0 Å². The molecule has 1 fully saturated rings. The minimum Gasteiger partial charge on any atom is -0.336 e. The number of carbonyl (C=O) groups excluding carboxylic acids is 1. The highest BCUT2D eigenvalue weighted by Crippen LogP contribution is 2.33. The van der Waals surface area contributed by atoms with Gasteiger partial charge in [0.1, 0.15) is 0 Å². The number of aromatic nitrogens is 3. The lowest BCUT2D eigenvalue weighted by molar-refractivity contribution is 0.0779. The van der Waals surface area contributed by atoms with Gasteiger partial charge in [-0.3, -0.25) is 4.79 Å². The maximum Gasteiger partial charge on any atom is 0.276 e. The predicted molar refractivity (Wildman–Crippen MR) is 116 cm³/mol. The van der Waals surface area contributed by atoms with Gasteiger partial charge < -0.3 is 10.6 Å². The Labute approximate surface area is 177 Å². The third kappa shape index (κ3) is 4.04. The van der Waals surface area contributed by atoms with Crippen LogP contribution in [0.15, 0.2) is 54.6 Å². The van der Waals surface area contributed by atoms with Gasteiger partial charge in [-0.15, -0.1) is 17.5 Å². The van der Waals surface area contributed by atoms with E-state index in [-0.39, 0.29) is 30.2 Å². The highest BCUT2D eigenvalue weighted by Gasteiger charge is 2.37. The number of aryl methyl sites for hydroxylation is 1. The zero-order chi connectivity index (χ0) is 19.7. The zero-order valence-corrected chi connectivity index (χ0v) is 17.5. The second-order valence-corrected chi connectivity index (χ2v) is 7.49. The molecule has 0 unspecified atom stereocenters. The first-order valence-electron chi connectivity index (χ1n) is 9.62. The van der Waals surface area contributed by atoms with E-state index in [1.165, 1.54) is 11.1 Å². The average Bonchev–Trinajstić information content (AvgIpc) is 3.33. The topological polar surface area (TPSA) is 77.0 Å². The first-order valence-corrected chi connectivity index (χ1v) is 9.62. The van der Waals surface area contributed by atoms with Crippen LogP contribution in [0.4, 0.5) is 0 Å². The van der Waals surface area contributed by atoms with Crippen molar-refractivity contribution in [2.24, 2.45) is 11.7 Å². The molecular formula is C22H26ClN5O. The van der Waals surface area contributed by atoms with Gasteiger partial charge in [0.15, 0.2) is 5.69 Å². The minimum atomic E-state index is -0.0762. The zero-order valence-electron chi connectivity index (χ0n) is 16.7. The molecule has 1 amide bonds. The lowest BCUT2D eigenvalue weighted by Gasteiger charge is -2.16. The first kappa shape index (κ1) is 21.0. The second kappa shape index (κ2) is 8.76. The Bertz CT molecular complexity index is 971. The molecule has 7 heteroatoms. The van der Waals surface area contributed by atoms with E-state index in [1.807, 2.05) is 61.2 Å². The van der Waals surface area contributed by atoms with E-state index in [0.717, 1.165) is 11.4 Å². The molecule has 2 N–H and O–H groups in total. The maximum absolute atomic E-state index is 13.2. The Kier molecular flexibility index (Phi) is 6.35. The van der Waals surface area contributed by atoms with Gasteiger partial charge in [-0.25, -0.2) is 4.68 Å². The van der Waals surface area contributed by atoms with Gasteiger partial charge in [0, 0.05) is 19.0 Å².